The van der Waals surface area contributed by atoms with Crippen molar-refractivity contribution in [2.45, 2.75) is 58.5 Å². The van der Waals surface area contributed by atoms with Gasteiger partial charge in [0.05, 0.1) is 4.90 Å². The Hall–Kier alpha value is -0.430. The van der Waals surface area contributed by atoms with Gasteiger partial charge in [-0.05, 0) is 31.9 Å². The molecule has 0 saturated carbocycles. The van der Waals surface area contributed by atoms with Crippen LogP contribution < -0.4 is 10.0 Å². The van der Waals surface area contributed by atoms with Gasteiger partial charge in [-0.15, -0.1) is 11.3 Å². The molecule has 0 aliphatic heterocycles. The third kappa shape index (κ3) is 4.55. The average Bonchev–Trinajstić information content (AvgIpc) is 2.75. The fraction of sp³-hybridized carbons (Fsp3) is 0.714. The second-order valence-corrected chi connectivity index (χ2v) is 8.32. The molecule has 1 unspecified atom stereocenters. The molecule has 1 rings (SSSR count). The molecule has 0 radical (unpaired) electrons. The maximum atomic E-state index is 12.5. The number of hydrogen-bond donors (Lipinski definition) is 2. The van der Waals surface area contributed by atoms with Crippen LogP contribution in [0, 0.1) is 12.8 Å². The van der Waals surface area contributed by atoms with Gasteiger partial charge >= 0.3 is 0 Å². The molecule has 0 aliphatic rings. The van der Waals surface area contributed by atoms with Crippen molar-refractivity contribution >= 4 is 21.4 Å². The first-order chi connectivity index (χ1) is 9.31. The highest BCUT2D eigenvalue weighted by molar-refractivity contribution is 7.89. The Morgan fingerprint density at radius 3 is 2.45 bits per heavy atom. The molecule has 0 aliphatic carbocycles. The van der Waals surface area contributed by atoms with Gasteiger partial charge in [0.1, 0.15) is 0 Å². The number of rotatable bonds is 8. The molecule has 0 saturated heterocycles. The maximum absolute atomic E-state index is 12.5. The van der Waals surface area contributed by atoms with Gasteiger partial charge in [-0.3, -0.25) is 0 Å². The van der Waals surface area contributed by atoms with Gasteiger partial charge in [0.25, 0.3) is 0 Å². The molecule has 1 atom stereocenters. The third-order valence-electron chi connectivity index (χ3n) is 3.31. The Bertz CT molecular complexity index is 521. The number of aryl methyl sites for hydroxylation is 1. The molecule has 0 amide bonds. The summed E-state index contributed by atoms with van der Waals surface area (Å²) in [6.07, 6.45) is 0.796. The molecular weight excluding hydrogens is 292 g/mol. The predicted octanol–water partition coefficient (Wildman–Crippen LogP) is 2.88. The molecule has 4 nitrogen and oxygen atoms in total. The standard InChI is InChI=1S/C14H26N2O2S2/c1-6-13(10(3)4)16-20(17,18)14-8-12(9-15-7-2)19-11(14)5/h8,10,13,15-16H,6-7,9H2,1-5H3. The van der Waals surface area contributed by atoms with Gasteiger partial charge < -0.3 is 5.32 Å². The zero-order chi connectivity index (χ0) is 15.3. The van der Waals surface area contributed by atoms with Crippen LogP contribution in [0.4, 0.5) is 0 Å². The summed E-state index contributed by atoms with van der Waals surface area (Å²) < 4.78 is 27.8. The van der Waals surface area contributed by atoms with E-state index in [-0.39, 0.29) is 12.0 Å². The Kier molecular flexibility index (Phi) is 6.64. The van der Waals surface area contributed by atoms with Crippen LogP contribution in [0.3, 0.4) is 0 Å². The van der Waals surface area contributed by atoms with Gasteiger partial charge in [0.15, 0.2) is 0 Å². The van der Waals surface area contributed by atoms with E-state index in [9.17, 15) is 8.42 Å². The normalized spacial score (nSPS) is 13.9. The fourth-order valence-corrected chi connectivity index (χ4v) is 5.15. The predicted molar refractivity (Wildman–Crippen MR) is 85.7 cm³/mol. The highest BCUT2D eigenvalue weighted by Crippen LogP contribution is 2.26. The second kappa shape index (κ2) is 7.54. The summed E-state index contributed by atoms with van der Waals surface area (Å²) in [5.41, 5.74) is 0. The summed E-state index contributed by atoms with van der Waals surface area (Å²) >= 11 is 1.54. The monoisotopic (exact) mass is 318 g/mol. The zero-order valence-electron chi connectivity index (χ0n) is 13.0. The second-order valence-electron chi connectivity index (χ2n) is 5.29. The van der Waals surface area contributed by atoms with E-state index in [1.807, 2.05) is 34.6 Å². The minimum Gasteiger partial charge on any atom is -0.312 e. The lowest BCUT2D eigenvalue weighted by Crippen LogP contribution is -2.38. The number of hydrogen-bond acceptors (Lipinski definition) is 4. The summed E-state index contributed by atoms with van der Waals surface area (Å²) in [6, 6.07) is 1.77. The first-order valence-electron chi connectivity index (χ1n) is 7.14. The minimum absolute atomic E-state index is 0.0171. The van der Waals surface area contributed by atoms with Crippen molar-refractivity contribution in [1.29, 1.82) is 0 Å². The van der Waals surface area contributed by atoms with Crippen LogP contribution in [0.2, 0.25) is 0 Å². The van der Waals surface area contributed by atoms with Crippen molar-refractivity contribution in [1.82, 2.24) is 10.0 Å². The topological polar surface area (TPSA) is 58.2 Å². The van der Waals surface area contributed by atoms with E-state index in [0.717, 1.165) is 29.3 Å². The van der Waals surface area contributed by atoms with Gasteiger partial charge in [0, 0.05) is 22.3 Å². The average molecular weight is 319 g/mol. The van der Waals surface area contributed by atoms with Gasteiger partial charge in [-0.2, -0.15) is 0 Å². The Morgan fingerprint density at radius 1 is 1.30 bits per heavy atom. The van der Waals surface area contributed by atoms with Gasteiger partial charge in [-0.25, -0.2) is 13.1 Å². The smallest absolute Gasteiger partial charge is 0.241 e. The van der Waals surface area contributed by atoms with Crippen LogP contribution in [0.1, 0.15) is 43.9 Å². The number of sulfonamides is 1. The molecule has 0 spiro atoms. The highest BCUT2D eigenvalue weighted by Gasteiger charge is 2.24. The molecule has 0 aromatic carbocycles. The fourth-order valence-electron chi connectivity index (χ4n) is 2.08. The van der Waals surface area contributed by atoms with Crippen molar-refractivity contribution in [2.24, 2.45) is 5.92 Å². The lowest BCUT2D eigenvalue weighted by molar-refractivity contribution is 0.437. The quantitative estimate of drug-likeness (QED) is 0.775. The van der Waals surface area contributed by atoms with Gasteiger partial charge in [0.2, 0.25) is 10.0 Å². The minimum atomic E-state index is -3.42. The molecule has 0 fully saturated rings. The van der Waals surface area contributed by atoms with Crippen molar-refractivity contribution in [3.63, 3.8) is 0 Å². The van der Waals surface area contributed by atoms with E-state index >= 15 is 0 Å². The number of nitrogens with one attached hydrogen (secondary N) is 2. The van der Waals surface area contributed by atoms with Crippen molar-refractivity contribution in [3.8, 4) is 0 Å². The van der Waals surface area contributed by atoms with E-state index in [0.29, 0.717) is 4.90 Å². The van der Waals surface area contributed by atoms with Crippen LogP contribution in [0.25, 0.3) is 0 Å². The van der Waals surface area contributed by atoms with Crippen LogP contribution >= 0.6 is 11.3 Å². The summed E-state index contributed by atoms with van der Waals surface area (Å²) in [7, 11) is -3.42. The Balaban J connectivity index is 2.94. The van der Waals surface area contributed by atoms with Crippen molar-refractivity contribution in [2.75, 3.05) is 6.54 Å². The zero-order valence-corrected chi connectivity index (χ0v) is 14.6. The van der Waals surface area contributed by atoms with Crippen molar-refractivity contribution < 1.29 is 8.42 Å². The third-order valence-corrected chi connectivity index (χ3v) is 6.11. The van der Waals surface area contributed by atoms with E-state index < -0.39 is 10.0 Å². The molecular formula is C14H26N2O2S2. The lowest BCUT2D eigenvalue weighted by atomic mass is 10.0. The summed E-state index contributed by atoms with van der Waals surface area (Å²) in [5.74, 6) is 0.287. The van der Waals surface area contributed by atoms with E-state index in [1.54, 1.807) is 17.4 Å². The summed E-state index contributed by atoms with van der Waals surface area (Å²) in [6.45, 7) is 11.6. The molecule has 20 heavy (non-hydrogen) atoms. The lowest BCUT2D eigenvalue weighted by Gasteiger charge is -2.20. The van der Waals surface area contributed by atoms with Gasteiger partial charge in [-0.1, -0.05) is 27.7 Å². The molecule has 2 N–H and O–H groups in total. The maximum Gasteiger partial charge on any atom is 0.241 e. The first kappa shape index (κ1) is 17.6. The van der Waals surface area contributed by atoms with E-state index in [1.165, 1.54) is 0 Å². The largest absolute Gasteiger partial charge is 0.312 e. The molecule has 6 heteroatoms. The first-order valence-corrected chi connectivity index (χ1v) is 9.44. The number of thiophene rings is 1. The molecule has 1 heterocycles. The molecule has 1 aromatic heterocycles. The highest BCUT2D eigenvalue weighted by atomic mass is 32.2. The van der Waals surface area contributed by atoms with E-state index in [2.05, 4.69) is 10.0 Å². The molecule has 116 valence electrons. The summed E-state index contributed by atoms with van der Waals surface area (Å²) in [5, 5.41) is 3.22. The Labute approximate surface area is 127 Å². The van der Waals surface area contributed by atoms with Crippen LogP contribution in [0.15, 0.2) is 11.0 Å². The summed E-state index contributed by atoms with van der Waals surface area (Å²) in [4.78, 5) is 2.33. The Morgan fingerprint density at radius 2 is 1.95 bits per heavy atom. The van der Waals surface area contributed by atoms with Crippen LogP contribution in [0.5, 0.6) is 0 Å². The van der Waals surface area contributed by atoms with Crippen LogP contribution in [-0.4, -0.2) is 21.0 Å². The van der Waals surface area contributed by atoms with E-state index in [4.69, 9.17) is 0 Å². The molecule has 0 bridgehead atoms. The molecule has 1 aromatic rings. The SMILES string of the molecule is CCNCc1cc(S(=O)(=O)NC(CC)C(C)C)c(C)s1. The van der Waals surface area contributed by atoms with Crippen LogP contribution in [-0.2, 0) is 16.6 Å². The van der Waals surface area contributed by atoms with Crippen molar-refractivity contribution in [3.05, 3.63) is 15.8 Å².